The third-order valence-electron chi connectivity index (χ3n) is 5.03. The molecule has 2 atom stereocenters. The van der Waals surface area contributed by atoms with Crippen LogP contribution in [0.25, 0.3) is 0 Å². The Hall–Kier alpha value is -3.66. The van der Waals surface area contributed by atoms with Crippen LogP contribution in [0.5, 0.6) is 0 Å². The fourth-order valence-electron chi connectivity index (χ4n) is 3.25. The quantitative estimate of drug-likeness (QED) is 0.291. The molecule has 1 aliphatic rings. The van der Waals surface area contributed by atoms with Gasteiger partial charge in [0.1, 0.15) is 5.82 Å². The number of nitrogens with one attached hydrogen (secondary N) is 4. The number of β-amino-alcohol motifs (C(OH)–C–C–N with tert-alkyl or cyclic N) is 1. The smallest absolute Gasteiger partial charge is 0.237 e. The summed E-state index contributed by atoms with van der Waals surface area (Å²) in [4.78, 5) is 20.9. The summed E-state index contributed by atoms with van der Waals surface area (Å²) in [7, 11) is 0. The summed E-state index contributed by atoms with van der Waals surface area (Å²) < 4.78 is 0. The first-order valence-electron chi connectivity index (χ1n) is 11.1. The molecule has 0 saturated carbocycles. The van der Waals surface area contributed by atoms with Crippen LogP contribution < -0.4 is 21.3 Å². The van der Waals surface area contributed by atoms with Crippen LogP contribution >= 0.6 is 0 Å². The Morgan fingerprint density at radius 2 is 2.12 bits per heavy atom. The molecule has 1 aliphatic heterocycles. The molecule has 1 fully saturated rings. The predicted octanol–water partition coefficient (Wildman–Crippen LogP) is 1.88. The number of aliphatic hydroxyl groups excluding tert-OH is 1. The Balaban J connectivity index is 1.54. The monoisotopic (exact) mass is 447 g/mol. The summed E-state index contributed by atoms with van der Waals surface area (Å²) in [5, 5.41) is 30.7. The van der Waals surface area contributed by atoms with Crippen LogP contribution in [0.2, 0.25) is 0 Å². The Labute approximate surface area is 194 Å². The average Bonchev–Trinajstić information content (AvgIpc) is 3.27. The maximum Gasteiger partial charge on any atom is 0.237 e. The zero-order chi connectivity index (χ0) is 23.5. The van der Waals surface area contributed by atoms with E-state index in [-0.39, 0.29) is 11.9 Å². The number of unbranched alkanes of at least 4 members (excludes halogenated alkanes) is 1. The lowest BCUT2D eigenvalue weighted by Crippen LogP contribution is -2.40. The number of carbonyl (C=O) groups is 1. The molecule has 3 rings (SSSR count). The van der Waals surface area contributed by atoms with Crippen molar-refractivity contribution in [1.29, 1.82) is 5.26 Å². The second-order valence-electron chi connectivity index (χ2n) is 7.74. The maximum atomic E-state index is 12.0. The number of aliphatic hydroxyl groups is 1. The van der Waals surface area contributed by atoms with Crippen LogP contribution in [-0.4, -0.2) is 52.8 Å². The molecule has 9 nitrogen and oxygen atoms in total. The number of carbonyl (C=O) groups excluding carboxylic acids is 1. The van der Waals surface area contributed by atoms with Gasteiger partial charge in [-0.25, -0.2) is 4.98 Å². The van der Waals surface area contributed by atoms with Crippen LogP contribution in [0.15, 0.2) is 30.5 Å². The van der Waals surface area contributed by atoms with Crippen molar-refractivity contribution in [3.05, 3.63) is 41.6 Å². The Bertz CT molecular complexity index is 1040. The van der Waals surface area contributed by atoms with E-state index in [4.69, 9.17) is 5.26 Å². The molecule has 5 N–H and O–H groups in total. The van der Waals surface area contributed by atoms with E-state index >= 15 is 0 Å². The first-order chi connectivity index (χ1) is 16.1. The minimum Gasteiger partial charge on any atom is -0.392 e. The van der Waals surface area contributed by atoms with Crippen molar-refractivity contribution in [3.63, 3.8) is 0 Å². The highest BCUT2D eigenvalue weighted by Crippen LogP contribution is 2.18. The number of rotatable bonds is 9. The van der Waals surface area contributed by atoms with E-state index in [0.717, 1.165) is 25.1 Å². The van der Waals surface area contributed by atoms with Crippen molar-refractivity contribution in [2.24, 2.45) is 0 Å². The minimum atomic E-state index is -0.449. The van der Waals surface area contributed by atoms with Crippen molar-refractivity contribution in [3.8, 4) is 17.9 Å². The summed E-state index contributed by atoms with van der Waals surface area (Å²) in [5.74, 6) is 7.26. The molecule has 1 aromatic heterocycles. The molecule has 1 amide bonds. The van der Waals surface area contributed by atoms with E-state index in [1.807, 2.05) is 0 Å². The molecule has 2 heterocycles. The lowest BCUT2D eigenvalue weighted by Gasteiger charge is -2.10. The molecule has 0 radical (unpaired) electrons. The van der Waals surface area contributed by atoms with Gasteiger partial charge in [0, 0.05) is 31.7 Å². The van der Waals surface area contributed by atoms with E-state index in [2.05, 4.69) is 56.1 Å². The normalized spacial score (nSPS) is 16.9. The molecule has 0 aliphatic carbocycles. The van der Waals surface area contributed by atoms with Gasteiger partial charge in [0.25, 0.3) is 0 Å². The Morgan fingerprint density at radius 1 is 1.30 bits per heavy atom. The zero-order valence-electron chi connectivity index (χ0n) is 18.7. The molecule has 1 aromatic carbocycles. The van der Waals surface area contributed by atoms with E-state index in [1.54, 1.807) is 30.5 Å². The molecule has 172 valence electrons. The number of anilines is 3. The summed E-state index contributed by atoms with van der Waals surface area (Å²) in [6.07, 6.45) is 3.99. The Morgan fingerprint density at radius 3 is 2.82 bits per heavy atom. The Kier molecular flexibility index (Phi) is 9.01. The van der Waals surface area contributed by atoms with Crippen LogP contribution in [0, 0.1) is 23.2 Å². The number of hydrogen-bond donors (Lipinski definition) is 5. The van der Waals surface area contributed by atoms with Gasteiger partial charge in [0.2, 0.25) is 11.9 Å². The van der Waals surface area contributed by atoms with Gasteiger partial charge in [0.15, 0.2) is 0 Å². The number of amides is 1. The van der Waals surface area contributed by atoms with Crippen molar-refractivity contribution in [2.75, 3.05) is 30.3 Å². The molecule has 0 spiro atoms. The van der Waals surface area contributed by atoms with Gasteiger partial charge in [-0.3, -0.25) is 4.79 Å². The van der Waals surface area contributed by atoms with Crippen molar-refractivity contribution in [1.82, 2.24) is 20.6 Å². The third-order valence-corrected chi connectivity index (χ3v) is 5.03. The fraction of sp³-hybridized carbons (Fsp3) is 0.417. The van der Waals surface area contributed by atoms with Gasteiger partial charge in [-0.15, -0.1) is 0 Å². The molecule has 2 aromatic rings. The summed E-state index contributed by atoms with van der Waals surface area (Å²) in [6.45, 7) is 3.83. The number of aromatic nitrogens is 2. The highest BCUT2D eigenvalue weighted by molar-refractivity contribution is 5.82. The van der Waals surface area contributed by atoms with E-state index in [1.165, 1.54) is 0 Å². The van der Waals surface area contributed by atoms with Crippen molar-refractivity contribution < 1.29 is 9.90 Å². The topological polar surface area (TPSA) is 135 Å². The van der Waals surface area contributed by atoms with Gasteiger partial charge in [-0.2, -0.15) is 10.2 Å². The van der Waals surface area contributed by atoms with Gasteiger partial charge < -0.3 is 26.4 Å². The number of hydrogen-bond acceptors (Lipinski definition) is 8. The summed E-state index contributed by atoms with van der Waals surface area (Å²) >= 11 is 0. The largest absolute Gasteiger partial charge is 0.392 e. The van der Waals surface area contributed by atoms with Gasteiger partial charge >= 0.3 is 0 Å². The number of benzene rings is 1. The lowest BCUT2D eigenvalue weighted by atomic mass is 10.2. The van der Waals surface area contributed by atoms with Crippen molar-refractivity contribution >= 4 is 23.4 Å². The van der Waals surface area contributed by atoms with E-state index in [9.17, 15) is 9.90 Å². The average molecular weight is 448 g/mol. The summed E-state index contributed by atoms with van der Waals surface area (Å²) in [5.41, 5.74) is 2.09. The first kappa shape index (κ1) is 24.0. The lowest BCUT2D eigenvalue weighted by molar-refractivity contribution is -0.122. The SMILES string of the molecule is CCCNc1nc(Nc2ccc(C#N)cc2)ncc1C#CCCCNC(=O)[C@@H]1C[C@H](O)CN1. The van der Waals surface area contributed by atoms with Crippen LogP contribution in [0.4, 0.5) is 17.5 Å². The first-order valence-corrected chi connectivity index (χ1v) is 11.1. The van der Waals surface area contributed by atoms with Crippen LogP contribution in [0.1, 0.15) is 43.7 Å². The molecule has 1 saturated heterocycles. The second kappa shape index (κ2) is 12.4. The van der Waals surface area contributed by atoms with Crippen LogP contribution in [-0.2, 0) is 4.79 Å². The molecule has 0 bridgehead atoms. The fourth-order valence-corrected chi connectivity index (χ4v) is 3.25. The minimum absolute atomic E-state index is 0.0793. The molecule has 33 heavy (non-hydrogen) atoms. The van der Waals surface area contributed by atoms with Gasteiger partial charge in [-0.05, 0) is 43.5 Å². The summed E-state index contributed by atoms with van der Waals surface area (Å²) in [6, 6.07) is 8.85. The molecule has 9 heteroatoms. The number of nitriles is 1. The molecule has 0 unspecified atom stereocenters. The van der Waals surface area contributed by atoms with Crippen LogP contribution in [0.3, 0.4) is 0 Å². The maximum absolute atomic E-state index is 12.0. The molecular weight excluding hydrogens is 418 g/mol. The van der Waals surface area contributed by atoms with E-state index < -0.39 is 6.10 Å². The third kappa shape index (κ3) is 7.46. The molecular formula is C24H29N7O2. The van der Waals surface area contributed by atoms with Gasteiger partial charge in [-0.1, -0.05) is 18.8 Å². The highest BCUT2D eigenvalue weighted by atomic mass is 16.3. The predicted molar refractivity (Wildman–Crippen MR) is 127 cm³/mol. The van der Waals surface area contributed by atoms with Gasteiger partial charge in [0.05, 0.1) is 35.5 Å². The second-order valence-corrected chi connectivity index (χ2v) is 7.74. The standard InChI is InChI=1S/C24H29N7O2/c1-2-11-26-22-18(6-4-3-5-12-27-23(33)21-13-20(32)16-28-21)15-29-24(31-22)30-19-9-7-17(14-25)8-10-19/h7-10,15,20-21,28,32H,2-3,5,11-13,16H2,1H3,(H,27,33)(H2,26,29,30,31)/t20-,21-/m0/s1. The van der Waals surface area contributed by atoms with Crippen molar-refractivity contribution in [2.45, 2.75) is 44.8 Å². The highest BCUT2D eigenvalue weighted by Gasteiger charge is 2.27. The number of nitrogens with zero attached hydrogens (tertiary/aromatic N) is 3. The zero-order valence-corrected chi connectivity index (χ0v) is 18.7. The van der Waals surface area contributed by atoms with E-state index in [0.29, 0.717) is 48.8 Å².